The minimum absolute atomic E-state index is 0.414. The third-order valence-corrected chi connectivity index (χ3v) is 7.56. The fraction of sp³-hybridized carbons (Fsp3) is 0.733. The molecule has 1 nitrogen and oxygen atoms in total. The number of halogens is 2. The van der Waals surface area contributed by atoms with Crippen molar-refractivity contribution in [1.82, 2.24) is 5.32 Å². The molecule has 0 amide bonds. The standard InChI is InChI=1S/C15H23Br2NS/c1-3-9-18-13(12-10-11(16)14(17)19-12)15(2)7-5-4-6-8-15/h10,13,18H,3-9H2,1-2H3. The Bertz CT molecular complexity index is 391. The van der Waals surface area contributed by atoms with E-state index >= 15 is 0 Å². The highest BCUT2D eigenvalue weighted by Gasteiger charge is 2.37. The molecule has 0 aromatic carbocycles. The highest BCUT2D eigenvalue weighted by atomic mass is 79.9. The molecule has 1 unspecified atom stereocenters. The minimum Gasteiger partial charge on any atom is -0.309 e. The van der Waals surface area contributed by atoms with Gasteiger partial charge in [0, 0.05) is 15.4 Å². The maximum absolute atomic E-state index is 3.81. The molecular formula is C15H23Br2NS. The number of hydrogen-bond acceptors (Lipinski definition) is 2. The first-order valence-electron chi connectivity index (χ1n) is 7.25. The van der Waals surface area contributed by atoms with Gasteiger partial charge in [-0.15, -0.1) is 11.3 Å². The van der Waals surface area contributed by atoms with Crippen LogP contribution in [0.25, 0.3) is 0 Å². The molecule has 0 aliphatic heterocycles. The third-order valence-electron chi connectivity index (χ3n) is 4.24. The van der Waals surface area contributed by atoms with Crippen molar-refractivity contribution in [1.29, 1.82) is 0 Å². The van der Waals surface area contributed by atoms with Gasteiger partial charge in [0.25, 0.3) is 0 Å². The Labute approximate surface area is 137 Å². The summed E-state index contributed by atoms with van der Waals surface area (Å²) in [6.07, 6.45) is 8.07. The summed E-state index contributed by atoms with van der Waals surface area (Å²) < 4.78 is 2.40. The normalized spacial score (nSPS) is 20.4. The van der Waals surface area contributed by atoms with Gasteiger partial charge in [-0.25, -0.2) is 0 Å². The van der Waals surface area contributed by atoms with Gasteiger partial charge in [0.2, 0.25) is 0 Å². The lowest BCUT2D eigenvalue weighted by Crippen LogP contribution is -2.37. The Morgan fingerprint density at radius 3 is 2.53 bits per heavy atom. The first kappa shape index (κ1) is 16.0. The Hall–Kier alpha value is 0.620. The van der Waals surface area contributed by atoms with E-state index in [1.165, 1.54) is 51.7 Å². The first-order valence-corrected chi connectivity index (χ1v) is 9.65. The zero-order chi connectivity index (χ0) is 13.9. The predicted molar refractivity (Wildman–Crippen MR) is 91.9 cm³/mol. The summed E-state index contributed by atoms with van der Waals surface area (Å²) in [5.41, 5.74) is 0.414. The van der Waals surface area contributed by atoms with Crippen LogP contribution in [0.2, 0.25) is 0 Å². The van der Waals surface area contributed by atoms with Crippen LogP contribution < -0.4 is 5.32 Å². The fourth-order valence-corrected chi connectivity index (χ4v) is 5.47. The van der Waals surface area contributed by atoms with Gasteiger partial charge in [-0.3, -0.25) is 0 Å². The van der Waals surface area contributed by atoms with Gasteiger partial charge in [-0.1, -0.05) is 33.1 Å². The topological polar surface area (TPSA) is 12.0 Å². The molecule has 1 aliphatic carbocycles. The van der Waals surface area contributed by atoms with Crippen molar-refractivity contribution in [2.24, 2.45) is 5.41 Å². The average molecular weight is 409 g/mol. The molecule has 1 saturated carbocycles. The van der Waals surface area contributed by atoms with Crippen LogP contribution in [-0.4, -0.2) is 6.54 Å². The highest BCUT2D eigenvalue weighted by Crippen LogP contribution is 2.48. The number of nitrogens with one attached hydrogen (secondary N) is 1. The lowest BCUT2D eigenvalue weighted by molar-refractivity contribution is 0.147. The van der Waals surface area contributed by atoms with Crippen molar-refractivity contribution in [3.63, 3.8) is 0 Å². The second-order valence-corrected chi connectivity index (χ2v) is 9.13. The number of thiophene rings is 1. The molecule has 0 spiro atoms. The van der Waals surface area contributed by atoms with Crippen molar-refractivity contribution in [3.8, 4) is 0 Å². The van der Waals surface area contributed by atoms with E-state index in [1.54, 1.807) is 0 Å². The zero-order valence-corrected chi connectivity index (χ0v) is 15.8. The van der Waals surface area contributed by atoms with E-state index in [4.69, 9.17) is 0 Å². The number of hydrogen-bond donors (Lipinski definition) is 1. The molecule has 0 radical (unpaired) electrons. The highest BCUT2D eigenvalue weighted by molar-refractivity contribution is 9.13. The van der Waals surface area contributed by atoms with Gasteiger partial charge in [-0.2, -0.15) is 0 Å². The second kappa shape index (κ2) is 7.06. The molecule has 4 heteroatoms. The molecular weight excluding hydrogens is 386 g/mol. The molecule has 1 atom stereocenters. The van der Waals surface area contributed by atoms with E-state index in [9.17, 15) is 0 Å². The lowest BCUT2D eigenvalue weighted by Gasteiger charge is -2.41. The third kappa shape index (κ3) is 3.84. The van der Waals surface area contributed by atoms with Crippen LogP contribution in [0.15, 0.2) is 14.3 Å². The number of rotatable bonds is 5. The van der Waals surface area contributed by atoms with Gasteiger partial charge in [0.05, 0.1) is 3.79 Å². The van der Waals surface area contributed by atoms with Gasteiger partial charge in [0.15, 0.2) is 0 Å². The van der Waals surface area contributed by atoms with Gasteiger partial charge in [-0.05, 0) is 69.1 Å². The first-order chi connectivity index (χ1) is 9.07. The maximum Gasteiger partial charge on any atom is 0.0843 e. The van der Waals surface area contributed by atoms with Gasteiger partial charge < -0.3 is 5.32 Å². The summed E-state index contributed by atoms with van der Waals surface area (Å²) in [6.45, 7) is 5.82. The molecule has 19 heavy (non-hydrogen) atoms. The Morgan fingerprint density at radius 1 is 1.32 bits per heavy atom. The smallest absolute Gasteiger partial charge is 0.0843 e. The monoisotopic (exact) mass is 407 g/mol. The molecule has 1 aliphatic rings. The van der Waals surface area contributed by atoms with E-state index in [1.807, 2.05) is 11.3 Å². The summed E-state index contributed by atoms with van der Waals surface area (Å²) in [6, 6.07) is 2.79. The van der Waals surface area contributed by atoms with Crippen LogP contribution in [0, 0.1) is 5.41 Å². The van der Waals surface area contributed by atoms with E-state index in [2.05, 4.69) is 57.1 Å². The Balaban J connectivity index is 2.23. The predicted octanol–water partition coefficient (Wildman–Crippen LogP) is 6.28. The molecule has 0 saturated heterocycles. The van der Waals surface area contributed by atoms with Crippen LogP contribution in [0.5, 0.6) is 0 Å². The molecule has 1 fully saturated rings. The molecule has 1 aromatic heterocycles. The Morgan fingerprint density at radius 2 is 2.00 bits per heavy atom. The SMILES string of the molecule is CCCNC(c1cc(Br)c(Br)s1)C1(C)CCCCC1. The van der Waals surface area contributed by atoms with Crippen molar-refractivity contribution in [2.45, 2.75) is 58.4 Å². The largest absolute Gasteiger partial charge is 0.309 e. The second-order valence-electron chi connectivity index (χ2n) is 5.87. The fourth-order valence-electron chi connectivity index (χ4n) is 3.13. The van der Waals surface area contributed by atoms with Crippen LogP contribution in [0.1, 0.15) is 63.3 Å². The van der Waals surface area contributed by atoms with Crippen molar-refractivity contribution in [3.05, 3.63) is 19.2 Å². The minimum atomic E-state index is 0.414. The van der Waals surface area contributed by atoms with E-state index in [-0.39, 0.29) is 0 Å². The maximum atomic E-state index is 3.81. The summed E-state index contributed by atoms with van der Waals surface area (Å²) in [5.74, 6) is 0. The molecule has 0 bridgehead atoms. The van der Waals surface area contributed by atoms with Crippen LogP contribution >= 0.6 is 43.2 Å². The molecule has 1 heterocycles. The van der Waals surface area contributed by atoms with Crippen LogP contribution in [-0.2, 0) is 0 Å². The average Bonchev–Trinajstić information content (AvgIpc) is 2.70. The van der Waals surface area contributed by atoms with Crippen molar-refractivity contribution >= 4 is 43.2 Å². The van der Waals surface area contributed by atoms with Gasteiger partial charge in [0.1, 0.15) is 0 Å². The van der Waals surface area contributed by atoms with E-state index < -0.39 is 0 Å². The molecule has 1 N–H and O–H groups in total. The Kier molecular flexibility index (Phi) is 5.94. The van der Waals surface area contributed by atoms with E-state index in [0.717, 1.165) is 6.54 Å². The summed E-state index contributed by atoms with van der Waals surface area (Å²) in [7, 11) is 0. The lowest BCUT2D eigenvalue weighted by atomic mass is 9.70. The molecule has 2 rings (SSSR count). The van der Waals surface area contributed by atoms with E-state index in [0.29, 0.717) is 11.5 Å². The van der Waals surface area contributed by atoms with Crippen LogP contribution in [0.3, 0.4) is 0 Å². The summed E-state index contributed by atoms with van der Waals surface area (Å²) in [5, 5.41) is 3.81. The summed E-state index contributed by atoms with van der Waals surface area (Å²) in [4.78, 5) is 1.47. The van der Waals surface area contributed by atoms with Crippen LogP contribution in [0.4, 0.5) is 0 Å². The quantitative estimate of drug-likeness (QED) is 0.603. The van der Waals surface area contributed by atoms with Crippen molar-refractivity contribution in [2.75, 3.05) is 6.54 Å². The zero-order valence-electron chi connectivity index (χ0n) is 11.8. The van der Waals surface area contributed by atoms with Crippen molar-refractivity contribution < 1.29 is 0 Å². The molecule has 108 valence electrons. The molecule has 1 aromatic rings. The summed E-state index contributed by atoms with van der Waals surface area (Å²) >= 11 is 9.14. The van der Waals surface area contributed by atoms with Gasteiger partial charge >= 0.3 is 0 Å².